The Bertz CT molecular complexity index is 1130. The van der Waals surface area contributed by atoms with Crippen molar-refractivity contribution in [2.24, 2.45) is 0 Å². The summed E-state index contributed by atoms with van der Waals surface area (Å²) in [6, 6.07) is 9.60. The van der Waals surface area contributed by atoms with Crippen molar-refractivity contribution in [3.8, 4) is 5.75 Å². The molecule has 0 aliphatic heterocycles. The average molecular weight is 428 g/mol. The minimum absolute atomic E-state index is 0.0252. The van der Waals surface area contributed by atoms with Crippen molar-refractivity contribution < 1.29 is 23.8 Å². The normalized spacial score (nSPS) is 13.0. The van der Waals surface area contributed by atoms with E-state index in [0.717, 1.165) is 0 Å². The zero-order chi connectivity index (χ0) is 22.8. The van der Waals surface area contributed by atoms with Crippen LogP contribution in [0.4, 0.5) is 4.39 Å². The van der Waals surface area contributed by atoms with Gasteiger partial charge in [-0.25, -0.2) is 8.91 Å². The number of likely N-dealkylation sites (N-methyl/N-ethyl adjacent to an activating group) is 1. The predicted molar refractivity (Wildman–Crippen MR) is 112 cm³/mol. The van der Waals surface area contributed by atoms with Crippen LogP contribution in [0.25, 0.3) is 5.52 Å². The highest BCUT2D eigenvalue weighted by atomic mass is 19.1. The van der Waals surface area contributed by atoms with Crippen LogP contribution < -0.4 is 10.1 Å². The molecule has 0 saturated heterocycles. The van der Waals surface area contributed by atoms with Crippen LogP contribution in [-0.4, -0.2) is 57.7 Å². The zero-order valence-electron chi connectivity index (χ0n) is 17.8. The van der Waals surface area contributed by atoms with Crippen molar-refractivity contribution in [3.63, 3.8) is 0 Å². The number of rotatable bonds is 7. The predicted octanol–water partition coefficient (Wildman–Crippen LogP) is 1.93. The van der Waals surface area contributed by atoms with Crippen LogP contribution in [0.1, 0.15) is 28.5 Å². The van der Waals surface area contributed by atoms with Crippen LogP contribution in [0.5, 0.6) is 5.75 Å². The number of hydrogen-bond donors (Lipinski definition) is 2. The van der Waals surface area contributed by atoms with Gasteiger partial charge in [0.2, 0.25) is 5.91 Å². The first-order valence-electron chi connectivity index (χ1n) is 9.66. The second-order valence-electron chi connectivity index (χ2n) is 7.68. The van der Waals surface area contributed by atoms with Gasteiger partial charge in [-0.3, -0.25) is 9.59 Å². The fourth-order valence-corrected chi connectivity index (χ4v) is 3.26. The zero-order valence-corrected chi connectivity index (χ0v) is 17.8. The number of carbonyl (C=O) groups excluding carboxylic acids is 2. The Hall–Kier alpha value is -3.46. The number of benzene rings is 1. The lowest BCUT2D eigenvalue weighted by Gasteiger charge is -2.30. The fourth-order valence-electron chi connectivity index (χ4n) is 3.26. The SMILES string of the molecule is Cc1nn2ccc(OCc3ccccc3F)cc2c1C(=O)NC(C)(CO)C(=O)N(C)C. The fraction of sp³-hybridized carbons (Fsp3) is 0.318. The van der Waals surface area contributed by atoms with Gasteiger partial charge in [-0.05, 0) is 26.0 Å². The highest BCUT2D eigenvalue weighted by Gasteiger charge is 2.36. The number of aryl methyl sites for hydroxylation is 1. The number of hydrogen-bond acceptors (Lipinski definition) is 5. The molecule has 2 aromatic heterocycles. The Kier molecular flexibility index (Phi) is 6.26. The molecule has 0 aliphatic carbocycles. The molecular formula is C22H25FN4O4. The first-order valence-corrected chi connectivity index (χ1v) is 9.66. The number of halogens is 1. The van der Waals surface area contributed by atoms with Crippen molar-refractivity contribution in [1.29, 1.82) is 0 Å². The van der Waals surface area contributed by atoms with Gasteiger partial charge in [0.1, 0.15) is 23.7 Å². The van der Waals surface area contributed by atoms with Gasteiger partial charge in [0.25, 0.3) is 5.91 Å². The minimum atomic E-state index is -1.49. The molecule has 31 heavy (non-hydrogen) atoms. The first kappa shape index (κ1) is 22.2. The lowest BCUT2D eigenvalue weighted by atomic mass is 10.0. The summed E-state index contributed by atoms with van der Waals surface area (Å²) in [4.78, 5) is 26.8. The molecule has 3 aromatic rings. The van der Waals surface area contributed by atoms with E-state index >= 15 is 0 Å². The van der Waals surface area contributed by atoms with Gasteiger partial charge in [0.15, 0.2) is 0 Å². The Morgan fingerprint density at radius 3 is 2.65 bits per heavy atom. The summed E-state index contributed by atoms with van der Waals surface area (Å²) < 4.78 is 21.1. The van der Waals surface area contributed by atoms with Gasteiger partial charge < -0.3 is 20.1 Å². The largest absolute Gasteiger partial charge is 0.489 e. The summed E-state index contributed by atoms with van der Waals surface area (Å²) in [6.45, 7) is 2.59. The third-order valence-corrected chi connectivity index (χ3v) is 4.94. The molecular weight excluding hydrogens is 403 g/mol. The molecule has 3 rings (SSSR count). The number of aliphatic hydroxyl groups is 1. The van der Waals surface area contributed by atoms with Crippen molar-refractivity contribution in [2.75, 3.05) is 20.7 Å². The summed E-state index contributed by atoms with van der Waals surface area (Å²) in [6.07, 6.45) is 1.63. The smallest absolute Gasteiger partial charge is 0.256 e. The van der Waals surface area contributed by atoms with Crippen molar-refractivity contribution in [3.05, 3.63) is 65.2 Å². The molecule has 2 N–H and O–H groups in total. The van der Waals surface area contributed by atoms with E-state index in [0.29, 0.717) is 22.5 Å². The van der Waals surface area contributed by atoms with Gasteiger partial charge in [-0.15, -0.1) is 0 Å². The number of ether oxygens (including phenoxy) is 1. The molecule has 9 heteroatoms. The van der Waals surface area contributed by atoms with Crippen LogP contribution in [0.15, 0.2) is 42.6 Å². The lowest BCUT2D eigenvalue weighted by Crippen LogP contribution is -2.58. The van der Waals surface area contributed by atoms with Crippen LogP contribution in [0.2, 0.25) is 0 Å². The number of pyridine rings is 1. The van der Waals surface area contributed by atoms with E-state index in [1.54, 1.807) is 57.5 Å². The summed E-state index contributed by atoms with van der Waals surface area (Å²) >= 11 is 0. The molecule has 0 saturated carbocycles. The van der Waals surface area contributed by atoms with Crippen molar-refractivity contribution >= 4 is 17.3 Å². The van der Waals surface area contributed by atoms with E-state index in [1.807, 2.05) is 0 Å². The van der Waals surface area contributed by atoms with Crippen molar-refractivity contribution in [1.82, 2.24) is 19.8 Å². The molecule has 0 fully saturated rings. The second kappa shape index (κ2) is 8.73. The Morgan fingerprint density at radius 1 is 1.29 bits per heavy atom. The number of amides is 2. The van der Waals surface area contributed by atoms with E-state index in [-0.39, 0.29) is 18.0 Å². The Balaban J connectivity index is 1.89. The molecule has 1 atom stereocenters. The second-order valence-corrected chi connectivity index (χ2v) is 7.68. The number of aliphatic hydroxyl groups excluding tert-OH is 1. The van der Waals surface area contributed by atoms with Gasteiger partial charge in [-0.1, -0.05) is 18.2 Å². The molecule has 1 aromatic carbocycles. The highest BCUT2D eigenvalue weighted by molar-refractivity contribution is 6.04. The average Bonchev–Trinajstić information content (AvgIpc) is 3.07. The minimum Gasteiger partial charge on any atom is -0.489 e. The number of nitrogens with one attached hydrogen (secondary N) is 1. The topological polar surface area (TPSA) is 96.2 Å². The van der Waals surface area contributed by atoms with E-state index < -0.39 is 24.0 Å². The molecule has 0 bridgehead atoms. The molecule has 0 spiro atoms. The number of carbonyl (C=O) groups is 2. The van der Waals surface area contributed by atoms with Gasteiger partial charge in [-0.2, -0.15) is 5.10 Å². The molecule has 0 radical (unpaired) electrons. The summed E-state index contributed by atoms with van der Waals surface area (Å²) in [5.41, 5.74) is 0.0775. The summed E-state index contributed by atoms with van der Waals surface area (Å²) in [5, 5.41) is 16.7. The molecule has 0 aliphatic rings. The Labute approximate surface area is 179 Å². The quantitative estimate of drug-likeness (QED) is 0.600. The van der Waals surface area contributed by atoms with Gasteiger partial charge >= 0.3 is 0 Å². The summed E-state index contributed by atoms with van der Waals surface area (Å²) in [7, 11) is 3.09. The van der Waals surface area contributed by atoms with Crippen LogP contribution >= 0.6 is 0 Å². The highest BCUT2D eigenvalue weighted by Crippen LogP contribution is 2.23. The van der Waals surface area contributed by atoms with E-state index in [9.17, 15) is 19.1 Å². The standard InChI is InChI=1S/C22H25FN4O4/c1-14-19(20(29)24-22(2,13-28)21(30)26(3)4)18-11-16(9-10-27(18)25-14)31-12-15-7-5-6-8-17(15)23/h5-11,28H,12-13H2,1-4H3,(H,24,29). The van der Waals surface area contributed by atoms with Crippen molar-refractivity contribution in [2.45, 2.75) is 26.0 Å². The molecule has 2 amide bonds. The molecule has 2 heterocycles. The van der Waals surface area contributed by atoms with Gasteiger partial charge in [0, 0.05) is 31.9 Å². The van der Waals surface area contributed by atoms with E-state index in [1.165, 1.54) is 22.4 Å². The van der Waals surface area contributed by atoms with Crippen LogP contribution in [0, 0.1) is 12.7 Å². The third kappa shape index (κ3) is 4.51. The maximum atomic E-state index is 13.8. The van der Waals surface area contributed by atoms with Crippen LogP contribution in [0.3, 0.4) is 0 Å². The number of fused-ring (bicyclic) bond motifs is 1. The van der Waals surface area contributed by atoms with Gasteiger partial charge in [0.05, 0.1) is 23.4 Å². The number of nitrogens with zero attached hydrogens (tertiary/aromatic N) is 3. The van der Waals surface area contributed by atoms with E-state index in [2.05, 4.69) is 10.4 Å². The van der Waals surface area contributed by atoms with Crippen LogP contribution in [-0.2, 0) is 11.4 Å². The molecule has 8 nitrogen and oxygen atoms in total. The maximum Gasteiger partial charge on any atom is 0.256 e. The third-order valence-electron chi connectivity index (χ3n) is 4.94. The monoisotopic (exact) mass is 428 g/mol. The lowest BCUT2D eigenvalue weighted by molar-refractivity contribution is -0.136. The first-order chi connectivity index (χ1) is 14.7. The molecule has 1 unspecified atom stereocenters. The Morgan fingerprint density at radius 2 is 2.00 bits per heavy atom. The molecule has 164 valence electrons. The maximum absolute atomic E-state index is 13.8. The van der Waals surface area contributed by atoms with E-state index in [4.69, 9.17) is 4.74 Å². The summed E-state index contributed by atoms with van der Waals surface area (Å²) in [5.74, 6) is -0.923. The number of aromatic nitrogens is 2.